The molecule has 3 rings (SSSR count). The van der Waals surface area contributed by atoms with Gasteiger partial charge in [-0.05, 0) is 42.5 Å². The zero-order valence-electron chi connectivity index (χ0n) is 15.3. The van der Waals surface area contributed by atoms with Gasteiger partial charge in [0, 0.05) is 0 Å². The minimum absolute atomic E-state index is 0.289. The van der Waals surface area contributed by atoms with Crippen LogP contribution in [0.15, 0.2) is 52.3 Å². The molecule has 1 aromatic heterocycles. The number of H-pyrrole nitrogens is 1. The zero-order valence-corrected chi connectivity index (χ0v) is 16.1. The molecular weight excluding hydrogens is 380 g/mol. The van der Waals surface area contributed by atoms with E-state index in [0.29, 0.717) is 38.9 Å². The summed E-state index contributed by atoms with van der Waals surface area (Å²) in [5.74, 6) is 0.988. The molecule has 0 radical (unpaired) electrons. The lowest BCUT2D eigenvalue weighted by molar-refractivity contribution is 0.0601. The second kappa shape index (κ2) is 8.57. The van der Waals surface area contributed by atoms with Crippen molar-refractivity contribution in [3.05, 3.63) is 64.2 Å². The Labute approximate surface area is 164 Å². The van der Waals surface area contributed by atoms with E-state index in [-0.39, 0.29) is 5.56 Å². The van der Waals surface area contributed by atoms with Crippen LogP contribution in [0.4, 0.5) is 5.69 Å². The van der Waals surface area contributed by atoms with E-state index in [4.69, 9.17) is 15.2 Å². The number of esters is 1. The van der Waals surface area contributed by atoms with Crippen LogP contribution >= 0.6 is 11.8 Å². The Balaban J connectivity index is 1.78. The fourth-order valence-corrected chi connectivity index (χ4v) is 3.05. The number of methoxy groups -OCH3 is 2. The summed E-state index contributed by atoms with van der Waals surface area (Å²) in [5.41, 5.74) is 7.09. The number of nitrogens with one attached hydrogen (secondary N) is 1. The normalized spacial score (nSPS) is 11.4. The molecule has 144 valence electrons. The highest BCUT2D eigenvalue weighted by Crippen LogP contribution is 2.20. The number of carbonyl (C=O) groups is 1. The first-order chi connectivity index (χ1) is 13.5. The zero-order chi connectivity index (χ0) is 20.1. The minimum atomic E-state index is -0.490. The van der Waals surface area contributed by atoms with Gasteiger partial charge < -0.3 is 20.2 Å². The molecule has 0 saturated carbocycles. The summed E-state index contributed by atoms with van der Waals surface area (Å²) in [5, 5.41) is 0.720. The molecule has 0 saturated heterocycles. The first-order valence-electron chi connectivity index (χ1n) is 8.22. The molecule has 0 amide bonds. The van der Waals surface area contributed by atoms with Gasteiger partial charge in [0.25, 0.3) is 5.56 Å². The summed E-state index contributed by atoms with van der Waals surface area (Å²) in [7, 11) is 2.89. The molecule has 3 N–H and O–H groups in total. The van der Waals surface area contributed by atoms with Crippen LogP contribution in [0.1, 0.15) is 16.2 Å². The van der Waals surface area contributed by atoms with E-state index >= 15 is 0 Å². The quantitative estimate of drug-likeness (QED) is 0.385. The van der Waals surface area contributed by atoms with Gasteiger partial charge in [-0.1, -0.05) is 11.8 Å². The number of amidine groups is 1. The topological polar surface area (TPSA) is 120 Å². The molecular formula is C19H18N4O4S. The molecule has 0 aliphatic heterocycles. The second-order valence-electron chi connectivity index (χ2n) is 5.67. The molecule has 0 spiro atoms. The van der Waals surface area contributed by atoms with Crippen molar-refractivity contribution < 1.29 is 14.3 Å². The van der Waals surface area contributed by atoms with E-state index in [1.165, 1.54) is 31.0 Å². The minimum Gasteiger partial charge on any atom is -0.497 e. The average molecular weight is 398 g/mol. The van der Waals surface area contributed by atoms with Crippen LogP contribution in [0.2, 0.25) is 0 Å². The van der Waals surface area contributed by atoms with Crippen LogP contribution in [0, 0.1) is 0 Å². The maximum absolute atomic E-state index is 12.3. The van der Waals surface area contributed by atoms with Gasteiger partial charge in [-0.15, -0.1) is 0 Å². The van der Waals surface area contributed by atoms with Gasteiger partial charge in [0.15, 0.2) is 5.17 Å². The van der Waals surface area contributed by atoms with Gasteiger partial charge in [-0.3, -0.25) is 4.79 Å². The smallest absolute Gasteiger partial charge is 0.337 e. The third kappa shape index (κ3) is 4.49. The third-order valence-electron chi connectivity index (χ3n) is 3.85. The molecule has 2 aromatic carbocycles. The fourth-order valence-electron chi connectivity index (χ4n) is 2.46. The number of nitrogens with two attached hydrogens (primary N) is 1. The number of carbonyl (C=O) groups excluding carboxylic acids is 1. The van der Waals surface area contributed by atoms with Crippen LogP contribution in [0.25, 0.3) is 10.9 Å². The van der Waals surface area contributed by atoms with Crippen LogP contribution in [0.3, 0.4) is 0 Å². The molecule has 0 unspecified atom stereocenters. The van der Waals surface area contributed by atoms with Gasteiger partial charge in [-0.25, -0.2) is 14.8 Å². The molecule has 0 aliphatic carbocycles. The lowest BCUT2D eigenvalue weighted by atomic mass is 10.1. The van der Waals surface area contributed by atoms with E-state index in [0.717, 1.165) is 5.75 Å². The fraction of sp³-hybridized carbons (Fsp3) is 0.158. The third-order valence-corrected chi connectivity index (χ3v) is 4.65. The average Bonchev–Trinajstić information content (AvgIpc) is 2.71. The lowest BCUT2D eigenvalue weighted by Crippen LogP contribution is -2.14. The number of fused-ring (bicyclic) bond motifs is 1. The van der Waals surface area contributed by atoms with Crippen molar-refractivity contribution >= 4 is 39.5 Å². The Morgan fingerprint density at radius 2 is 1.96 bits per heavy atom. The first kappa shape index (κ1) is 19.4. The number of benzene rings is 2. The van der Waals surface area contributed by atoms with Crippen LogP contribution in [-0.2, 0) is 10.5 Å². The van der Waals surface area contributed by atoms with Gasteiger partial charge in [0.1, 0.15) is 11.6 Å². The van der Waals surface area contributed by atoms with E-state index in [1.54, 1.807) is 37.4 Å². The number of hydrogen-bond donors (Lipinski definition) is 2. The number of thioether (sulfide) groups is 1. The number of ether oxygens (including phenoxy) is 2. The van der Waals surface area contributed by atoms with Gasteiger partial charge in [0.05, 0.1) is 42.1 Å². The van der Waals surface area contributed by atoms with E-state index in [1.807, 2.05) is 0 Å². The van der Waals surface area contributed by atoms with Crippen molar-refractivity contribution in [2.45, 2.75) is 5.75 Å². The van der Waals surface area contributed by atoms with Crippen LogP contribution < -0.4 is 16.0 Å². The molecule has 28 heavy (non-hydrogen) atoms. The molecule has 9 heteroatoms. The van der Waals surface area contributed by atoms with Crippen molar-refractivity contribution in [1.82, 2.24) is 9.97 Å². The highest BCUT2D eigenvalue weighted by atomic mass is 32.2. The first-order valence-corrected chi connectivity index (χ1v) is 9.21. The molecule has 0 aliphatic rings. The standard InChI is InChI=1S/C19H18N4O4S/c1-26-13-6-4-12(5-7-13)21-19(20)28-10-16-22-15-9-11(18(25)27-2)3-8-14(15)17(24)23-16/h3-9H,10H2,1-2H3,(H2,20,21)(H,22,23,24). The monoisotopic (exact) mass is 398 g/mol. The highest BCUT2D eigenvalue weighted by Gasteiger charge is 2.10. The van der Waals surface area contributed by atoms with Crippen LogP contribution in [-0.4, -0.2) is 35.3 Å². The van der Waals surface area contributed by atoms with E-state index in [2.05, 4.69) is 15.0 Å². The molecule has 0 bridgehead atoms. The Morgan fingerprint density at radius 3 is 2.64 bits per heavy atom. The maximum Gasteiger partial charge on any atom is 0.337 e. The second-order valence-corrected chi connectivity index (χ2v) is 6.67. The summed E-state index contributed by atoms with van der Waals surface area (Å²) in [4.78, 5) is 35.4. The van der Waals surface area contributed by atoms with Gasteiger partial charge >= 0.3 is 5.97 Å². The highest BCUT2D eigenvalue weighted by molar-refractivity contribution is 8.13. The molecule has 3 aromatic rings. The molecule has 0 fully saturated rings. The molecule has 8 nitrogen and oxygen atoms in total. The number of aromatic nitrogens is 2. The molecule has 1 heterocycles. The van der Waals surface area contributed by atoms with Crippen molar-refractivity contribution in [1.29, 1.82) is 0 Å². The summed E-state index contributed by atoms with van der Waals surface area (Å²) >= 11 is 1.24. The van der Waals surface area contributed by atoms with Crippen LogP contribution in [0.5, 0.6) is 5.75 Å². The number of nitrogens with zero attached hydrogens (tertiary/aromatic N) is 2. The SMILES string of the molecule is COC(=O)c1ccc2c(=O)[nH]c(CSC(N)=Nc3ccc(OC)cc3)nc2c1. The maximum atomic E-state index is 12.3. The number of rotatable bonds is 5. The van der Waals surface area contributed by atoms with Crippen molar-refractivity contribution in [3.63, 3.8) is 0 Å². The Hall–Kier alpha value is -3.33. The predicted octanol–water partition coefficient (Wildman–Crippen LogP) is 2.60. The number of hydrogen-bond acceptors (Lipinski definition) is 7. The van der Waals surface area contributed by atoms with Crippen molar-refractivity contribution in [2.75, 3.05) is 14.2 Å². The largest absolute Gasteiger partial charge is 0.497 e. The Morgan fingerprint density at radius 1 is 1.21 bits per heavy atom. The van der Waals surface area contributed by atoms with E-state index in [9.17, 15) is 9.59 Å². The summed E-state index contributed by atoms with van der Waals surface area (Å²) in [6, 6.07) is 11.8. The number of aromatic amines is 1. The summed E-state index contributed by atoms with van der Waals surface area (Å²) in [6.45, 7) is 0. The van der Waals surface area contributed by atoms with Crippen molar-refractivity contribution in [3.8, 4) is 5.75 Å². The summed E-state index contributed by atoms with van der Waals surface area (Å²) < 4.78 is 9.80. The number of aliphatic imine (C=N–C) groups is 1. The lowest BCUT2D eigenvalue weighted by Gasteiger charge is -2.05. The van der Waals surface area contributed by atoms with Crippen molar-refractivity contribution in [2.24, 2.45) is 10.7 Å². The van der Waals surface area contributed by atoms with E-state index < -0.39 is 5.97 Å². The Kier molecular flexibility index (Phi) is 5.95. The predicted molar refractivity (Wildman–Crippen MR) is 109 cm³/mol. The summed E-state index contributed by atoms with van der Waals surface area (Å²) in [6.07, 6.45) is 0. The molecule has 0 atom stereocenters. The van der Waals surface area contributed by atoms with Gasteiger partial charge in [-0.2, -0.15) is 0 Å². The Bertz CT molecular complexity index is 1090. The van der Waals surface area contributed by atoms with Gasteiger partial charge in [0.2, 0.25) is 0 Å².